The Balaban J connectivity index is 1.62. The normalized spacial score (nSPS) is 18.7. The molecule has 2 aliphatic heterocycles. The Labute approximate surface area is 155 Å². The number of halogens is 1. The Hall–Kier alpha value is -2.19. The number of hydrogen-bond donors (Lipinski definition) is 0. The van der Waals surface area contributed by atoms with E-state index in [1.165, 1.54) is 18.2 Å². The van der Waals surface area contributed by atoms with Gasteiger partial charge in [-0.15, -0.1) is 0 Å². The van der Waals surface area contributed by atoms with Crippen molar-refractivity contribution in [3.8, 4) is 0 Å². The summed E-state index contributed by atoms with van der Waals surface area (Å²) in [6.07, 6.45) is 1.16. The highest BCUT2D eigenvalue weighted by molar-refractivity contribution is 6.33. The van der Waals surface area contributed by atoms with Crippen LogP contribution in [0.5, 0.6) is 0 Å². The van der Waals surface area contributed by atoms with Crippen LogP contribution in [0.2, 0.25) is 5.02 Å². The molecule has 0 aliphatic carbocycles. The number of likely N-dealkylation sites (tertiary alicyclic amines) is 1. The number of non-ortho nitro benzene ring substituents is 1. The fourth-order valence-electron chi connectivity index (χ4n) is 3.33. The molecule has 26 heavy (non-hydrogen) atoms. The standard InChI is InChI=1S/C17H20ClN3O5/c18-15-2-1-13(21(24)25)11-14(15)17(23)19-5-3-12(4-6-19)16(22)20-7-9-26-10-8-20/h1-2,11-12H,3-10H2. The van der Waals surface area contributed by atoms with Crippen LogP contribution in [0.15, 0.2) is 18.2 Å². The van der Waals surface area contributed by atoms with Crippen LogP contribution in [0, 0.1) is 16.0 Å². The van der Waals surface area contributed by atoms with Gasteiger partial charge < -0.3 is 14.5 Å². The molecule has 0 bridgehead atoms. The smallest absolute Gasteiger partial charge is 0.270 e. The SMILES string of the molecule is O=C(c1cc([N+](=O)[O-])ccc1Cl)N1CCC(C(=O)N2CCOCC2)CC1. The number of carbonyl (C=O) groups is 2. The topological polar surface area (TPSA) is 93.0 Å². The molecule has 2 saturated heterocycles. The zero-order valence-electron chi connectivity index (χ0n) is 14.2. The predicted octanol–water partition coefficient (Wildman–Crippen LogP) is 1.96. The minimum Gasteiger partial charge on any atom is -0.378 e. The summed E-state index contributed by atoms with van der Waals surface area (Å²) in [6, 6.07) is 3.84. The van der Waals surface area contributed by atoms with Crippen molar-refractivity contribution in [3.63, 3.8) is 0 Å². The van der Waals surface area contributed by atoms with Gasteiger partial charge in [0.25, 0.3) is 11.6 Å². The van der Waals surface area contributed by atoms with Gasteiger partial charge in [0.15, 0.2) is 0 Å². The number of benzene rings is 1. The van der Waals surface area contributed by atoms with E-state index in [-0.39, 0.29) is 34.0 Å². The first-order chi connectivity index (χ1) is 12.5. The maximum Gasteiger partial charge on any atom is 0.270 e. The summed E-state index contributed by atoms with van der Waals surface area (Å²) in [5, 5.41) is 11.1. The van der Waals surface area contributed by atoms with Crippen LogP contribution >= 0.6 is 11.6 Å². The van der Waals surface area contributed by atoms with Crippen molar-refractivity contribution < 1.29 is 19.2 Å². The Morgan fingerprint density at radius 3 is 2.38 bits per heavy atom. The van der Waals surface area contributed by atoms with Crippen molar-refractivity contribution in [1.82, 2.24) is 9.80 Å². The summed E-state index contributed by atoms with van der Waals surface area (Å²) in [7, 11) is 0. The highest BCUT2D eigenvalue weighted by Crippen LogP contribution is 2.26. The Morgan fingerprint density at radius 2 is 1.77 bits per heavy atom. The number of hydrogen-bond acceptors (Lipinski definition) is 5. The van der Waals surface area contributed by atoms with Gasteiger partial charge in [-0.05, 0) is 18.9 Å². The van der Waals surface area contributed by atoms with Crippen molar-refractivity contribution in [2.45, 2.75) is 12.8 Å². The second kappa shape index (κ2) is 8.01. The van der Waals surface area contributed by atoms with Crippen molar-refractivity contribution >= 4 is 29.1 Å². The van der Waals surface area contributed by atoms with E-state index in [4.69, 9.17) is 16.3 Å². The third kappa shape index (κ3) is 3.96. The maximum atomic E-state index is 12.7. The van der Waals surface area contributed by atoms with Gasteiger partial charge in [0.05, 0.1) is 28.7 Å². The van der Waals surface area contributed by atoms with E-state index in [1.807, 2.05) is 4.90 Å². The lowest BCUT2D eigenvalue weighted by molar-refractivity contribution is -0.384. The van der Waals surface area contributed by atoms with Crippen molar-refractivity contribution in [3.05, 3.63) is 38.9 Å². The largest absolute Gasteiger partial charge is 0.378 e. The number of piperidine rings is 1. The molecule has 0 unspecified atom stereocenters. The van der Waals surface area contributed by atoms with Gasteiger partial charge in [-0.1, -0.05) is 11.6 Å². The summed E-state index contributed by atoms with van der Waals surface area (Å²) >= 11 is 6.05. The van der Waals surface area contributed by atoms with E-state index in [1.54, 1.807) is 4.90 Å². The van der Waals surface area contributed by atoms with Crippen LogP contribution in [-0.4, -0.2) is 65.9 Å². The number of amides is 2. The second-order valence-electron chi connectivity index (χ2n) is 6.43. The molecule has 0 aromatic heterocycles. The molecule has 1 aromatic carbocycles. The Bertz CT molecular complexity index is 712. The van der Waals surface area contributed by atoms with E-state index >= 15 is 0 Å². The van der Waals surface area contributed by atoms with Gasteiger partial charge in [0, 0.05) is 44.2 Å². The maximum absolute atomic E-state index is 12.7. The number of rotatable bonds is 3. The first kappa shape index (κ1) is 18.6. The van der Waals surface area contributed by atoms with Crippen LogP contribution in [0.25, 0.3) is 0 Å². The number of morpholine rings is 1. The molecule has 0 N–H and O–H groups in total. The fraction of sp³-hybridized carbons (Fsp3) is 0.529. The van der Waals surface area contributed by atoms with Crippen LogP contribution in [0.3, 0.4) is 0 Å². The molecule has 0 radical (unpaired) electrons. The molecule has 140 valence electrons. The van der Waals surface area contributed by atoms with Gasteiger partial charge >= 0.3 is 0 Å². The summed E-state index contributed by atoms with van der Waals surface area (Å²) in [5.74, 6) is -0.317. The average Bonchev–Trinajstić information content (AvgIpc) is 2.68. The zero-order valence-corrected chi connectivity index (χ0v) is 15.0. The minimum atomic E-state index is -0.555. The van der Waals surface area contributed by atoms with Crippen molar-refractivity contribution in [1.29, 1.82) is 0 Å². The van der Waals surface area contributed by atoms with Crippen LogP contribution in [-0.2, 0) is 9.53 Å². The number of carbonyl (C=O) groups excluding carboxylic acids is 2. The molecular weight excluding hydrogens is 362 g/mol. The predicted molar refractivity (Wildman–Crippen MR) is 94.1 cm³/mol. The fourth-order valence-corrected chi connectivity index (χ4v) is 3.53. The highest BCUT2D eigenvalue weighted by Gasteiger charge is 2.32. The van der Waals surface area contributed by atoms with Crippen LogP contribution in [0.1, 0.15) is 23.2 Å². The molecule has 1 aromatic rings. The van der Waals surface area contributed by atoms with E-state index < -0.39 is 4.92 Å². The summed E-state index contributed by atoms with van der Waals surface area (Å²) in [6.45, 7) is 3.21. The number of ether oxygens (including phenoxy) is 1. The first-order valence-corrected chi connectivity index (χ1v) is 8.95. The Morgan fingerprint density at radius 1 is 1.12 bits per heavy atom. The summed E-state index contributed by atoms with van der Waals surface area (Å²) in [4.78, 5) is 39.0. The average molecular weight is 382 g/mol. The molecule has 0 saturated carbocycles. The van der Waals surface area contributed by atoms with Gasteiger partial charge in [0.1, 0.15) is 0 Å². The van der Waals surface area contributed by atoms with Crippen LogP contribution in [0.4, 0.5) is 5.69 Å². The van der Waals surface area contributed by atoms with E-state index in [9.17, 15) is 19.7 Å². The third-order valence-electron chi connectivity index (χ3n) is 4.85. The van der Waals surface area contributed by atoms with Crippen molar-refractivity contribution in [2.24, 2.45) is 5.92 Å². The molecular formula is C17H20ClN3O5. The summed E-state index contributed by atoms with van der Waals surface area (Å²) < 4.78 is 5.27. The summed E-state index contributed by atoms with van der Waals surface area (Å²) in [5.41, 5.74) is -0.0473. The van der Waals surface area contributed by atoms with E-state index in [2.05, 4.69) is 0 Å². The molecule has 2 amide bonds. The lowest BCUT2D eigenvalue weighted by Crippen LogP contribution is -2.47. The Kier molecular flexibility index (Phi) is 5.73. The van der Waals surface area contributed by atoms with E-state index in [0.29, 0.717) is 52.2 Å². The van der Waals surface area contributed by atoms with Gasteiger partial charge in [-0.2, -0.15) is 0 Å². The number of nitro benzene ring substituents is 1. The molecule has 8 nitrogen and oxygen atoms in total. The minimum absolute atomic E-state index is 0.0993. The monoisotopic (exact) mass is 381 g/mol. The molecule has 0 atom stereocenters. The van der Waals surface area contributed by atoms with Gasteiger partial charge in [-0.25, -0.2) is 0 Å². The van der Waals surface area contributed by atoms with Gasteiger partial charge in [0.2, 0.25) is 5.91 Å². The van der Waals surface area contributed by atoms with Gasteiger partial charge in [-0.3, -0.25) is 19.7 Å². The lowest BCUT2D eigenvalue weighted by Gasteiger charge is -2.35. The molecule has 2 aliphatic rings. The lowest BCUT2D eigenvalue weighted by atomic mass is 9.94. The number of nitro groups is 1. The first-order valence-electron chi connectivity index (χ1n) is 8.57. The second-order valence-corrected chi connectivity index (χ2v) is 6.83. The molecule has 3 rings (SSSR count). The molecule has 9 heteroatoms. The molecule has 2 fully saturated rings. The van der Waals surface area contributed by atoms with E-state index in [0.717, 1.165) is 0 Å². The number of nitrogens with zero attached hydrogens (tertiary/aromatic N) is 3. The van der Waals surface area contributed by atoms with Crippen molar-refractivity contribution in [2.75, 3.05) is 39.4 Å². The molecule has 2 heterocycles. The molecule has 0 spiro atoms. The van der Waals surface area contributed by atoms with Crippen LogP contribution < -0.4 is 0 Å². The zero-order chi connectivity index (χ0) is 18.7. The quantitative estimate of drug-likeness (QED) is 0.589. The highest BCUT2D eigenvalue weighted by atomic mass is 35.5. The third-order valence-corrected chi connectivity index (χ3v) is 5.17.